The van der Waals surface area contributed by atoms with Crippen molar-refractivity contribution in [3.05, 3.63) is 54.6 Å². The van der Waals surface area contributed by atoms with Gasteiger partial charge in [-0.1, -0.05) is 6.58 Å². The molecular weight excluding hydrogens is 388 g/mol. The summed E-state index contributed by atoms with van der Waals surface area (Å²) in [5.41, 5.74) is 1.46. The third kappa shape index (κ3) is 5.54. The number of anilines is 2. The van der Waals surface area contributed by atoms with Gasteiger partial charge in [0.2, 0.25) is 11.8 Å². The van der Waals surface area contributed by atoms with Gasteiger partial charge in [-0.15, -0.1) is 0 Å². The summed E-state index contributed by atoms with van der Waals surface area (Å²) in [5.74, 6) is 1.23. The van der Waals surface area contributed by atoms with E-state index >= 15 is 0 Å². The zero-order valence-electron chi connectivity index (χ0n) is 17.3. The van der Waals surface area contributed by atoms with Gasteiger partial charge in [0.05, 0.1) is 39.7 Å². The summed E-state index contributed by atoms with van der Waals surface area (Å²) in [6.07, 6.45) is 4.07. The summed E-state index contributed by atoms with van der Waals surface area (Å²) in [6.45, 7) is 3.42. The Balaban J connectivity index is 2.23. The molecule has 0 bridgehead atoms. The number of rotatable bonds is 9. The van der Waals surface area contributed by atoms with E-state index in [4.69, 9.17) is 18.9 Å². The van der Waals surface area contributed by atoms with Crippen LogP contribution in [0.1, 0.15) is 5.56 Å². The first-order valence-corrected chi connectivity index (χ1v) is 8.86. The Kier molecular flexibility index (Phi) is 7.87. The largest absolute Gasteiger partial charge is 0.496 e. The number of benzene rings is 2. The van der Waals surface area contributed by atoms with Gasteiger partial charge in [0, 0.05) is 23.9 Å². The maximum absolute atomic E-state index is 12.4. The number of hydrogen-bond donors (Lipinski definition) is 2. The van der Waals surface area contributed by atoms with Crippen molar-refractivity contribution in [2.75, 3.05) is 39.1 Å². The van der Waals surface area contributed by atoms with E-state index in [1.165, 1.54) is 34.5 Å². The second-order valence-electron chi connectivity index (χ2n) is 5.88. The molecule has 8 heteroatoms. The summed E-state index contributed by atoms with van der Waals surface area (Å²) in [6, 6.07) is 8.26. The Labute approximate surface area is 175 Å². The van der Waals surface area contributed by atoms with Crippen LogP contribution in [0.5, 0.6) is 23.0 Å². The van der Waals surface area contributed by atoms with Crippen LogP contribution in [0.2, 0.25) is 0 Å². The van der Waals surface area contributed by atoms with Gasteiger partial charge in [-0.25, -0.2) is 0 Å². The molecule has 0 atom stereocenters. The molecule has 2 amide bonds. The van der Waals surface area contributed by atoms with Crippen molar-refractivity contribution in [2.45, 2.75) is 0 Å². The first kappa shape index (κ1) is 22.4. The molecule has 2 rings (SSSR count). The van der Waals surface area contributed by atoms with Gasteiger partial charge >= 0.3 is 0 Å². The Morgan fingerprint density at radius 3 is 2.00 bits per heavy atom. The van der Waals surface area contributed by atoms with E-state index in [0.717, 1.165) is 6.08 Å². The number of ether oxygens (including phenoxy) is 4. The van der Waals surface area contributed by atoms with Gasteiger partial charge in [0.1, 0.15) is 23.0 Å². The molecule has 2 aromatic carbocycles. The summed E-state index contributed by atoms with van der Waals surface area (Å²) >= 11 is 0. The quantitative estimate of drug-likeness (QED) is 0.612. The Morgan fingerprint density at radius 1 is 0.833 bits per heavy atom. The van der Waals surface area contributed by atoms with Crippen LogP contribution in [0.25, 0.3) is 6.08 Å². The van der Waals surface area contributed by atoms with E-state index in [2.05, 4.69) is 17.2 Å². The molecule has 0 heterocycles. The average molecular weight is 412 g/mol. The zero-order valence-corrected chi connectivity index (χ0v) is 17.3. The molecule has 2 aromatic rings. The van der Waals surface area contributed by atoms with Gasteiger partial charge in [0.25, 0.3) is 0 Å². The van der Waals surface area contributed by atoms with Gasteiger partial charge in [0.15, 0.2) is 0 Å². The maximum Gasteiger partial charge on any atom is 0.248 e. The van der Waals surface area contributed by atoms with Crippen LogP contribution < -0.4 is 29.6 Å². The minimum absolute atomic E-state index is 0.388. The molecule has 0 aliphatic heterocycles. The molecule has 158 valence electrons. The molecule has 0 saturated heterocycles. The number of carbonyl (C=O) groups is 2. The Hall–Kier alpha value is -3.94. The average Bonchev–Trinajstić information content (AvgIpc) is 2.77. The SMILES string of the molecule is C=CC(=O)Nc1cc(NC(=O)C=Cc2c(OC)cc(OC)cc2OC)ccc1OC. The number of nitrogens with one attached hydrogen (secondary N) is 2. The fraction of sp³-hybridized carbons (Fsp3) is 0.182. The second-order valence-corrected chi connectivity index (χ2v) is 5.88. The lowest BCUT2D eigenvalue weighted by Crippen LogP contribution is -2.11. The third-order valence-electron chi connectivity index (χ3n) is 4.06. The lowest BCUT2D eigenvalue weighted by Gasteiger charge is -2.13. The van der Waals surface area contributed by atoms with Crippen LogP contribution >= 0.6 is 0 Å². The van der Waals surface area contributed by atoms with Gasteiger partial charge < -0.3 is 29.6 Å². The summed E-state index contributed by atoms with van der Waals surface area (Å²) < 4.78 is 21.2. The number of carbonyl (C=O) groups excluding carboxylic acids is 2. The fourth-order valence-corrected chi connectivity index (χ4v) is 2.61. The van der Waals surface area contributed by atoms with Crippen molar-refractivity contribution in [3.63, 3.8) is 0 Å². The first-order chi connectivity index (χ1) is 14.4. The topological polar surface area (TPSA) is 95.1 Å². The molecule has 0 saturated carbocycles. The predicted octanol–water partition coefficient (Wildman–Crippen LogP) is 3.50. The van der Waals surface area contributed by atoms with Crippen molar-refractivity contribution < 1.29 is 28.5 Å². The normalized spacial score (nSPS) is 10.3. The maximum atomic E-state index is 12.4. The molecule has 0 radical (unpaired) electrons. The molecule has 8 nitrogen and oxygen atoms in total. The van der Waals surface area contributed by atoms with Gasteiger partial charge in [-0.3, -0.25) is 9.59 Å². The zero-order chi connectivity index (χ0) is 22.1. The van der Waals surface area contributed by atoms with Crippen molar-refractivity contribution in [1.29, 1.82) is 0 Å². The van der Waals surface area contributed by atoms with E-state index in [-0.39, 0.29) is 5.91 Å². The van der Waals surface area contributed by atoms with E-state index in [1.807, 2.05) is 0 Å². The van der Waals surface area contributed by atoms with Crippen molar-refractivity contribution in [1.82, 2.24) is 0 Å². The van der Waals surface area contributed by atoms with Crippen LogP contribution in [0.4, 0.5) is 11.4 Å². The number of methoxy groups -OCH3 is 4. The predicted molar refractivity (Wildman–Crippen MR) is 116 cm³/mol. The van der Waals surface area contributed by atoms with Crippen LogP contribution in [0, 0.1) is 0 Å². The Morgan fingerprint density at radius 2 is 1.47 bits per heavy atom. The summed E-state index contributed by atoms with van der Waals surface area (Å²) in [4.78, 5) is 24.0. The molecule has 2 N–H and O–H groups in total. The minimum Gasteiger partial charge on any atom is -0.496 e. The van der Waals surface area contributed by atoms with Crippen LogP contribution in [-0.4, -0.2) is 40.3 Å². The highest BCUT2D eigenvalue weighted by molar-refractivity contribution is 6.04. The lowest BCUT2D eigenvalue weighted by atomic mass is 10.1. The third-order valence-corrected chi connectivity index (χ3v) is 4.06. The van der Waals surface area contributed by atoms with Crippen LogP contribution in [0.15, 0.2) is 49.1 Å². The molecule has 0 unspecified atom stereocenters. The van der Waals surface area contributed by atoms with Gasteiger partial charge in [-0.05, 0) is 30.4 Å². The van der Waals surface area contributed by atoms with Gasteiger partial charge in [-0.2, -0.15) is 0 Å². The van der Waals surface area contributed by atoms with E-state index in [0.29, 0.717) is 39.9 Å². The molecule has 0 aromatic heterocycles. The highest BCUT2D eigenvalue weighted by atomic mass is 16.5. The number of amides is 2. The molecule has 30 heavy (non-hydrogen) atoms. The van der Waals surface area contributed by atoms with E-state index in [9.17, 15) is 9.59 Å². The highest BCUT2D eigenvalue weighted by Gasteiger charge is 2.12. The summed E-state index contributed by atoms with van der Waals surface area (Å²) in [5, 5.41) is 5.36. The van der Waals surface area contributed by atoms with Crippen molar-refractivity contribution >= 4 is 29.3 Å². The molecular formula is C22H24N2O6. The molecule has 0 aliphatic carbocycles. The molecule has 0 spiro atoms. The van der Waals surface area contributed by atoms with Crippen molar-refractivity contribution in [2.24, 2.45) is 0 Å². The first-order valence-electron chi connectivity index (χ1n) is 8.86. The lowest BCUT2D eigenvalue weighted by molar-refractivity contribution is -0.112. The monoisotopic (exact) mass is 412 g/mol. The smallest absolute Gasteiger partial charge is 0.248 e. The standard InChI is InChI=1S/C22H24N2O6/c1-6-21(25)24-17-11-14(7-9-18(17)28-3)23-22(26)10-8-16-19(29-4)12-15(27-2)13-20(16)30-5/h6-13H,1H2,2-5H3,(H,23,26)(H,24,25). The van der Waals surface area contributed by atoms with Crippen LogP contribution in [-0.2, 0) is 9.59 Å². The minimum atomic E-state index is -0.393. The highest BCUT2D eigenvalue weighted by Crippen LogP contribution is 2.35. The van der Waals surface area contributed by atoms with Crippen molar-refractivity contribution in [3.8, 4) is 23.0 Å². The molecule has 0 fully saturated rings. The van der Waals surface area contributed by atoms with E-state index < -0.39 is 5.91 Å². The number of hydrogen-bond acceptors (Lipinski definition) is 6. The van der Waals surface area contributed by atoms with E-state index in [1.54, 1.807) is 36.4 Å². The Bertz CT molecular complexity index is 943. The second kappa shape index (κ2) is 10.6. The fourth-order valence-electron chi connectivity index (χ4n) is 2.61. The summed E-state index contributed by atoms with van der Waals surface area (Å²) in [7, 11) is 6.05. The molecule has 0 aliphatic rings. The van der Waals surface area contributed by atoms with Crippen LogP contribution in [0.3, 0.4) is 0 Å².